The van der Waals surface area contributed by atoms with Gasteiger partial charge in [0.05, 0.1) is 11.3 Å². The van der Waals surface area contributed by atoms with Gasteiger partial charge in [0.1, 0.15) is 5.70 Å². The number of carbonyl (C=O) groups excluding carboxylic acids is 3. The van der Waals surface area contributed by atoms with Crippen molar-refractivity contribution in [3.05, 3.63) is 94.7 Å². The van der Waals surface area contributed by atoms with Crippen LogP contribution in [0, 0.1) is 20.8 Å². The van der Waals surface area contributed by atoms with Crippen molar-refractivity contribution < 1.29 is 14.4 Å². The summed E-state index contributed by atoms with van der Waals surface area (Å²) in [6, 6.07) is 20.0. The van der Waals surface area contributed by atoms with Gasteiger partial charge in [0, 0.05) is 18.3 Å². The monoisotopic (exact) mass is 439 g/mol. The van der Waals surface area contributed by atoms with E-state index < -0.39 is 11.8 Å². The molecular weight excluding hydrogens is 414 g/mol. The molecule has 0 spiro atoms. The van der Waals surface area contributed by atoms with Crippen LogP contribution in [0.25, 0.3) is 5.57 Å². The standard InChI is InChI=1S/C27H25N3O3/c1-16-8-14-22(15-9-16)30-26(32)24(20-10-12-21(13-11-20)28-19(4)31)25(27(30)33)29-23-7-5-6-17(2)18(23)3/h5-15,29H,1-4H3,(H,28,31). The van der Waals surface area contributed by atoms with Crippen molar-refractivity contribution in [3.63, 3.8) is 0 Å². The SMILES string of the molecule is CC(=O)Nc1ccc(C2=C(Nc3cccc(C)c3C)C(=O)N(c3ccc(C)cc3)C2=O)cc1. The Hall–Kier alpha value is -4.19. The van der Waals surface area contributed by atoms with Crippen molar-refractivity contribution in [2.45, 2.75) is 27.7 Å². The molecule has 0 atom stereocenters. The van der Waals surface area contributed by atoms with E-state index in [1.165, 1.54) is 11.8 Å². The topological polar surface area (TPSA) is 78.5 Å². The number of rotatable bonds is 5. The zero-order valence-electron chi connectivity index (χ0n) is 19.0. The molecular formula is C27H25N3O3. The minimum absolute atomic E-state index is 0.183. The predicted octanol–water partition coefficient (Wildman–Crippen LogP) is 4.97. The van der Waals surface area contributed by atoms with Crippen LogP contribution in [0.15, 0.2) is 72.4 Å². The molecule has 6 heteroatoms. The molecule has 3 amide bonds. The summed E-state index contributed by atoms with van der Waals surface area (Å²) in [5, 5.41) is 5.95. The minimum atomic E-state index is -0.411. The molecule has 0 saturated heterocycles. The van der Waals surface area contributed by atoms with Gasteiger partial charge in [-0.15, -0.1) is 0 Å². The van der Waals surface area contributed by atoms with E-state index in [-0.39, 0.29) is 17.2 Å². The highest BCUT2D eigenvalue weighted by molar-refractivity contribution is 6.46. The molecule has 6 nitrogen and oxygen atoms in total. The number of nitrogens with zero attached hydrogens (tertiary/aromatic N) is 1. The molecule has 1 aliphatic heterocycles. The van der Waals surface area contributed by atoms with Crippen LogP contribution in [0.1, 0.15) is 29.2 Å². The van der Waals surface area contributed by atoms with Gasteiger partial charge in [-0.3, -0.25) is 14.4 Å². The number of aryl methyl sites for hydroxylation is 2. The number of benzene rings is 3. The largest absolute Gasteiger partial charge is 0.350 e. The Labute approximate surface area is 192 Å². The second kappa shape index (κ2) is 8.74. The van der Waals surface area contributed by atoms with Gasteiger partial charge in [-0.05, 0) is 67.8 Å². The molecule has 33 heavy (non-hydrogen) atoms. The van der Waals surface area contributed by atoms with Crippen molar-refractivity contribution in [1.29, 1.82) is 0 Å². The molecule has 4 rings (SSSR count). The van der Waals surface area contributed by atoms with Gasteiger partial charge in [-0.25, -0.2) is 4.90 Å². The maximum atomic E-state index is 13.6. The maximum absolute atomic E-state index is 13.6. The number of hydrogen-bond donors (Lipinski definition) is 2. The smallest absolute Gasteiger partial charge is 0.282 e. The molecule has 3 aromatic rings. The first kappa shape index (κ1) is 22.0. The summed E-state index contributed by atoms with van der Waals surface area (Å²) < 4.78 is 0. The lowest BCUT2D eigenvalue weighted by atomic mass is 10.0. The van der Waals surface area contributed by atoms with Crippen LogP contribution in [0.4, 0.5) is 17.1 Å². The lowest BCUT2D eigenvalue weighted by molar-refractivity contribution is -0.120. The van der Waals surface area contributed by atoms with E-state index in [2.05, 4.69) is 10.6 Å². The van der Waals surface area contributed by atoms with E-state index in [0.29, 0.717) is 16.9 Å². The molecule has 1 heterocycles. The second-order valence-corrected chi connectivity index (χ2v) is 8.16. The van der Waals surface area contributed by atoms with E-state index >= 15 is 0 Å². The van der Waals surface area contributed by atoms with Crippen LogP contribution in [0.2, 0.25) is 0 Å². The van der Waals surface area contributed by atoms with E-state index in [9.17, 15) is 14.4 Å². The van der Waals surface area contributed by atoms with Crippen molar-refractivity contribution in [2.24, 2.45) is 0 Å². The summed E-state index contributed by atoms with van der Waals surface area (Å²) in [6.45, 7) is 7.35. The van der Waals surface area contributed by atoms with Crippen molar-refractivity contribution in [1.82, 2.24) is 0 Å². The third-order valence-corrected chi connectivity index (χ3v) is 5.73. The minimum Gasteiger partial charge on any atom is -0.350 e. The fourth-order valence-corrected chi connectivity index (χ4v) is 3.79. The van der Waals surface area contributed by atoms with Crippen LogP contribution < -0.4 is 15.5 Å². The Bertz CT molecular complexity index is 1290. The molecule has 2 N–H and O–H groups in total. The van der Waals surface area contributed by atoms with Gasteiger partial charge in [0.15, 0.2) is 0 Å². The van der Waals surface area contributed by atoms with E-state index in [1.807, 2.05) is 51.1 Å². The fourth-order valence-electron chi connectivity index (χ4n) is 3.79. The molecule has 0 bridgehead atoms. The van der Waals surface area contributed by atoms with Gasteiger partial charge < -0.3 is 10.6 Å². The lowest BCUT2D eigenvalue weighted by Gasteiger charge is -2.16. The average Bonchev–Trinajstić information content (AvgIpc) is 3.02. The average molecular weight is 440 g/mol. The number of hydrogen-bond acceptors (Lipinski definition) is 4. The summed E-state index contributed by atoms with van der Waals surface area (Å²) in [4.78, 5) is 39.6. The molecule has 0 fully saturated rings. The molecule has 0 saturated carbocycles. The second-order valence-electron chi connectivity index (χ2n) is 8.16. The predicted molar refractivity (Wildman–Crippen MR) is 131 cm³/mol. The van der Waals surface area contributed by atoms with Gasteiger partial charge in [0.25, 0.3) is 11.8 Å². The highest BCUT2D eigenvalue weighted by Gasteiger charge is 2.40. The van der Waals surface area contributed by atoms with Crippen LogP contribution in [-0.4, -0.2) is 17.7 Å². The Morgan fingerprint density at radius 3 is 2.12 bits per heavy atom. The Balaban J connectivity index is 1.81. The molecule has 1 aliphatic rings. The van der Waals surface area contributed by atoms with E-state index in [1.54, 1.807) is 36.4 Å². The number of carbonyl (C=O) groups is 3. The van der Waals surface area contributed by atoms with Crippen molar-refractivity contribution >= 4 is 40.4 Å². The summed E-state index contributed by atoms with van der Waals surface area (Å²) in [7, 11) is 0. The molecule has 0 aromatic heterocycles. The van der Waals surface area contributed by atoms with Crippen molar-refractivity contribution in [3.8, 4) is 0 Å². The first-order valence-corrected chi connectivity index (χ1v) is 10.7. The van der Waals surface area contributed by atoms with Gasteiger partial charge in [0.2, 0.25) is 5.91 Å². The van der Waals surface area contributed by atoms with Crippen LogP contribution in [0.3, 0.4) is 0 Å². The molecule has 3 aromatic carbocycles. The van der Waals surface area contributed by atoms with Crippen molar-refractivity contribution in [2.75, 3.05) is 15.5 Å². The number of imide groups is 1. The van der Waals surface area contributed by atoms with E-state index in [4.69, 9.17) is 0 Å². The summed E-state index contributed by atoms with van der Waals surface area (Å²) in [5.74, 6) is -0.994. The summed E-state index contributed by atoms with van der Waals surface area (Å²) >= 11 is 0. The molecule has 0 radical (unpaired) electrons. The Kier molecular flexibility index (Phi) is 5.84. The highest BCUT2D eigenvalue weighted by atomic mass is 16.2. The Morgan fingerprint density at radius 2 is 1.48 bits per heavy atom. The lowest BCUT2D eigenvalue weighted by Crippen LogP contribution is -2.32. The number of amides is 3. The third-order valence-electron chi connectivity index (χ3n) is 5.73. The van der Waals surface area contributed by atoms with Gasteiger partial charge >= 0.3 is 0 Å². The van der Waals surface area contributed by atoms with Crippen LogP contribution in [-0.2, 0) is 14.4 Å². The fraction of sp³-hybridized carbons (Fsp3) is 0.148. The number of nitrogens with one attached hydrogen (secondary N) is 2. The number of anilines is 3. The highest BCUT2D eigenvalue weighted by Crippen LogP contribution is 2.35. The first-order valence-electron chi connectivity index (χ1n) is 10.7. The normalized spacial score (nSPS) is 13.5. The van der Waals surface area contributed by atoms with E-state index in [0.717, 1.165) is 22.4 Å². The van der Waals surface area contributed by atoms with Gasteiger partial charge in [-0.1, -0.05) is 42.0 Å². The van der Waals surface area contributed by atoms with Crippen LogP contribution >= 0.6 is 0 Å². The zero-order valence-corrected chi connectivity index (χ0v) is 19.0. The molecule has 0 aliphatic carbocycles. The van der Waals surface area contributed by atoms with Crippen LogP contribution in [0.5, 0.6) is 0 Å². The molecule has 0 unspecified atom stereocenters. The summed E-state index contributed by atoms with van der Waals surface area (Å²) in [6.07, 6.45) is 0. The third kappa shape index (κ3) is 4.28. The maximum Gasteiger partial charge on any atom is 0.282 e. The molecule has 166 valence electrons. The Morgan fingerprint density at radius 1 is 0.818 bits per heavy atom. The van der Waals surface area contributed by atoms with Gasteiger partial charge in [-0.2, -0.15) is 0 Å². The zero-order chi connectivity index (χ0) is 23.7. The first-order chi connectivity index (χ1) is 15.8. The quantitative estimate of drug-likeness (QED) is 0.551. The summed E-state index contributed by atoms with van der Waals surface area (Å²) in [5.41, 5.74) is 6.11.